The molecule has 60 heavy (non-hydrogen) atoms. The highest BCUT2D eigenvalue weighted by atomic mass is 28.3. The number of fused-ring (bicyclic) bond motifs is 5. The molecular weight excluding hydrogens is 740 g/mol. The lowest BCUT2D eigenvalue weighted by atomic mass is 9.35. The number of para-hydroxylation sites is 3. The third-order valence-corrected chi connectivity index (χ3v) is 17.8. The molecule has 2 nitrogen and oxygen atoms in total. The molecule has 0 saturated heterocycles. The van der Waals surface area contributed by atoms with Gasteiger partial charge in [0.2, 0.25) is 6.71 Å². The molecular formula is C56H43BN2Si. The van der Waals surface area contributed by atoms with Gasteiger partial charge in [0.25, 0.3) is 0 Å². The topological polar surface area (TPSA) is 8.17 Å². The molecule has 1 aliphatic heterocycles. The van der Waals surface area contributed by atoms with Gasteiger partial charge in [-0.1, -0.05) is 191 Å². The maximum atomic E-state index is 2.47. The average molecular weight is 783 g/mol. The molecule has 11 rings (SSSR count). The normalized spacial score (nSPS) is 12.9. The number of rotatable bonds is 7. The summed E-state index contributed by atoms with van der Waals surface area (Å²) in [5.41, 5.74) is 13.8. The number of hydrogen-bond acceptors (Lipinski definition) is 1. The molecule has 0 fully saturated rings. The van der Waals surface area contributed by atoms with Crippen LogP contribution in [0.5, 0.6) is 0 Å². The molecule has 1 aromatic heterocycles. The van der Waals surface area contributed by atoms with Crippen LogP contribution < -0.4 is 42.0 Å². The van der Waals surface area contributed by atoms with Crippen LogP contribution in [0.4, 0.5) is 17.1 Å². The number of aryl methyl sites for hydroxylation is 2. The van der Waals surface area contributed by atoms with Gasteiger partial charge in [-0.05, 0) is 95.3 Å². The van der Waals surface area contributed by atoms with Crippen molar-refractivity contribution in [2.75, 3.05) is 4.90 Å². The van der Waals surface area contributed by atoms with E-state index < -0.39 is 8.07 Å². The fourth-order valence-electron chi connectivity index (χ4n) is 10.5. The summed E-state index contributed by atoms with van der Waals surface area (Å²) >= 11 is 0. The lowest BCUT2D eigenvalue weighted by Gasteiger charge is -2.43. The van der Waals surface area contributed by atoms with Gasteiger partial charge in [0.05, 0.1) is 11.0 Å². The van der Waals surface area contributed by atoms with Gasteiger partial charge < -0.3 is 9.47 Å². The summed E-state index contributed by atoms with van der Waals surface area (Å²) in [6.45, 7) is 4.75. The van der Waals surface area contributed by atoms with Crippen LogP contribution in [0.2, 0.25) is 0 Å². The molecule has 0 aliphatic carbocycles. The first-order valence-electron chi connectivity index (χ1n) is 21.0. The minimum atomic E-state index is -2.67. The van der Waals surface area contributed by atoms with Crippen LogP contribution in [0.1, 0.15) is 11.1 Å². The summed E-state index contributed by atoms with van der Waals surface area (Å²) in [6.07, 6.45) is 0. The second kappa shape index (κ2) is 14.6. The van der Waals surface area contributed by atoms with Crippen LogP contribution in [-0.4, -0.2) is 19.4 Å². The van der Waals surface area contributed by atoms with Crippen LogP contribution in [0.15, 0.2) is 224 Å². The summed E-state index contributed by atoms with van der Waals surface area (Å²) in [4.78, 5) is 2.35. The van der Waals surface area contributed by atoms with Crippen molar-refractivity contribution in [1.82, 2.24) is 4.57 Å². The minimum Gasteiger partial charge on any atom is -0.310 e. The van der Waals surface area contributed by atoms with Crippen molar-refractivity contribution in [3.05, 3.63) is 236 Å². The Morgan fingerprint density at radius 2 is 0.850 bits per heavy atom. The highest BCUT2D eigenvalue weighted by Crippen LogP contribution is 2.39. The van der Waals surface area contributed by atoms with Crippen molar-refractivity contribution < 1.29 is 0 Å². The smallest absolute Gasteiger partial charge is 0.241 e. The zero-order valence-electron chi connectivity index (χ0n) is 33.8. The molecule has 0 saturated carbocycles. The summed E-state index contributed by atoms with van der Waals surface area (Å²) in [6, 6.07) is 83.4. The van der Waals surface area contributed by atoms with E-state index in [-0.39, 0.29) is 6.71 Å². The van der Waals surface area contributed by atoms with E-state index >= 15 is 0 Å². The lowest BCUT2D eigenvalue weighted by molar-refractivity contribution is 1.16. The number of nitrogens with zero attached hydrogens (tertiary/aromatic N) is 2. The molecule has 4 heteroatoms. The molecule has 0 bridgehead atoms. The fraction of sp³-hybridized carbons (Fsp3) is 0.0357. The molecule has 0 spiro atoms. The van der Waals surface area contributed by atoms with Gasteiger partial charge in [0, 0.05) is 33.5 Å². The minimum absolute atomic E-state index is 0.0992. The predicted molar refractivity (Wildman–Crippen MR) is 260 cm³/mol. The zero-order valence-corrected chi connectivity index (χ0v) is 34.8. The largest absolute Gasteiger partial charge is 0.310 e. The van der Waals surface area contributed by atoms with E-state index in [1.54, 1.807) is 0 Å². The van der Waals surface area contributed by atoms with Crippen molar-refractivity contribution in [3.63, 3.8) is 0 Å². The Morgan fingerprint density at radius 3 is 1.40 bits per heavy atom. The second-order valence-corrected chi connectivity index (χ2v) is 19.9. The second-order valence-electron chi connectivity index (χ2n) is 16.1. The monoisotopic (exact) mass is 782 g/mol. The van der Waals surface area contributed by atoms with E-state index in [0.29, 0.717) is 0 Å². The third-order valence-electron chi connectivity index (χ3n) is 12.8. The summed E-state index contributed by atoms with van der Waals surface area (Å²) in [5, 5.41) is 8.28. The summed E-state index contributed by atoms with van der Waals surface area (Å²) in [5.74, 6) is 0. The Morgan fingerprint density at radius 1 is 0.400 bits per heavy atom. The number of benzene rings is 9. The van der Waals surface area contributed by atoms with Crippen molar-refractivity contribution >= 4 is 90.8 Å². The average Bonchev–Trinajstić information content (AvgIpc) is 3.64. The van der Waals surface area contributed by atoms with Crippen LogP contribution in [0.3, 0.4) is 0 Å². The molecule has 0 unspecified atom stereocenters. The Bertz CT molecular complexity index is 3030. The lowest BCUT2D eigenvalue weighted by Crippen LogP contribution is -2.86. The Kier molecular flexibility index (Phi) is 8.75. The maximum absolute atomic E-state index is 2.67. The Balaban J connectivity index is 1.09. The number of aromatic nitrogens is 1. The molecule has 0 atom stereocenters. The van der Waals surface area contributed by atoms with Gasteiger partial charge in [-0.25, -0.2) is 0 Å². The third kappa shape index (κ3) is 5.56. The van der Waals surface area contributed by atoms with E-state index in [2.05, 4.69) is 248 Å². The molecule has 10 aromatic rings. The van der Waals surface area contributed by atoms with Gasteiger partial charge in [-0.3, -0.25) is 0 Å². The molecule has 1 aliphatic rings. The first-order valence-corrected chi connectivity index (χ1v) is 23.0. The highest BCUT2D eigenvalue weighted by molar-refractivity contribution is 7.26. The van der Waals surface area contributed by atoms with Gasteiger partial charge in [-0.15, -0.1) is 0 Å². The van der Waals surface area contributed by atoms with Crippen molar-refractivity contribution in [1.29, 1.82) is 0 Å². The van der Waals surface area contributed by atoms with E-state index in [4.69, 9.17) is 0 Å². The maximum Gasteiger partial charge on any atom is 0.241 e. The Labute approximate surface area is 353 Å². The predicted octanol–water partition coefficient (Wildman–Crippen LogP) is 9.08. The van der Waals surface area contributed by atoms with Gasteiger partial charge in [-0.2, -0.15) is 0 Å². The quantitative estimate of drug-likeness (QED) is 0.147. The van der Waals surface area contributed by atoms with Gasteiger partial charge >= 0.3 is 0 Å². The van der Waals surface area contributed by atoms with E-state index in [1.807, 2.05) is 0 Å². The molecule has 2 heterocycles. The molecule has 0 radical (unpaired) electrons. The molecule has 284 valence electrons. The van der Waals surface area contributed by atoms with E-state index in [1.165, 1.54) is 75.8 Å². The SMILES string of the molecule is Cc1cc(-n2c3ccccc3c3cc(N(c4ccccc4)c4ccccc4)ccc32)cc(C)c1B1c2ccccc2[Si](c2ccccc2)(c2ccccc2)c2ccccc21. The van der Waals surface area contributed by atoms with Crippen LogP contribution in [0.25, 0.3) is 27.5 Å². The van der Waals surface area contributed by atoms with E-state index in [9.17, 15) is 0 Å². The molecule has 9 aromatic carbocycles. The van der Waals surface area contributed by atoms with Crippen LogP contribution in [0, 0.1) is 13.8 Å². The first kappa shape index (κ1) is 36.0. The van der Waals surface area contributed by atoms with Crippen molar-refractivity contribution in [3.8, 4) is 5.69 Å². The Hall–Kier alpha value is -7.14. The standard InChI is InChI=1S/C56H43BN2Si/c1-40-37-45(59-52-32-18-15-29-48(52)49-39-44(35-36-53(49)59)58(42-21-7-3-8-22-42)43-23-9-4-10-24-43)38-41(2)56(40)57-50-30-16-19-33-54(50)60(46-25-11-5-12-26-46,47-27-13-6-14-28-47)55-34-20-17-31-51(55)57/h3-39H,1-2H3. The zero-order chi connectivity index (χ0) is 40.2. The number of anilines is 3. The van der Waals surface area contributed by atoms with E-state index in [0.717, 1.165) is 17.1 Å². The number of hydrogen-bond donors (Lipinski definition) is 0. The van der Waals surface area contributed by atoms with Crippen LogP contribution >= 0.6 is 0 Å². The van der Waals surface area contributed by atoms with Crippen molar-refractivity contribution in [2.45, 2.75) is 13.8 Å². The highest BCUT2D eigenvalue weighted by Gasteiger charge is 2.50. The first-order chi connectivity index (χ1) is 29.6. The molecule has 0 N–H and O–H groups in total. The fourth-order valence-corrected chi connectivity index (χ4v) is 15.8. The van der Waals surface area contributed by atoms with Crippen molar-refractivity contribution in [2.24, 2.45) is 0 Å². The summed E-state index contributed by atoms with van der Waals surface area (Å²) in [7, 11) is -2.67. The van der Waals surface area contributed by atoms with Crippen LogP contribution in [-0.2, 0) is 0 Å². The summed E-state index contributed by atoms with van der Waals surface area (Å²) < 4.78 is 2.47. The van der Waals surface area contributed by atoms with Gasteiger partial charge in [0.15, 0.2) is 8.07 Å². The molecule has 0 amide bonds. The van der Waals surface area contributed by atoms with Gasteiger partial charge in [0.1, 0.15) is 0 Å².